The summed E-state index contributed by atoms with van der Waals surface area (Å²) in [5.41, 5.74) is -2.28. The number of benzene rings is 1. The highest BCUT2D eigenvalue weighted by molar-refractivity contribution is 5.35. The van der Waals surface area contributed by atoms with Crippen LogP contribution in [0.25, 0.3) is 0 Å². The molecular weight excluding hydrogens is 342 g/mol. The second-order valence-corrected chi connectivity index (χ2v) is 6.53. The highest BCUT2D eigenvalue weighted by Crippen LogP contribution is 2.39. The van der Waals surface area contributed by atoms with Crippen LogP contribution in [0.5, 0.6) is 0 Å². The lowest BCUT2D eigenvalue weighted by atomic mass is 9.87. The zero-order valence-electron chi connectivity index (χ0n) is 14.7. The van der Waals surface area contributed by atoms with Gasteiger partial charge in [0.1, 0.15) is 0 Å². The minimum atomic E-state index is -4.78. The molecule has 0 saturated carbocycles. The molecule has 0 nitrogen and oxygen atoms in total. The van der Waals surface area contributed by atoms with Crippen molar-refractivity contribution in [3.63, 3.8) is 0 Å². The maximum absolute atomic E-state index is 13.0. The lowest BCUT2D eigenvalue weighted by Crippen LogP contribution is -2.13. The first-order valence-electron chi connectivity index (χ1n) is 8.89. The number of hydrogen-bond donors (Lipinski definition) is 0. The summed E-state index contributed by atoms with van der Waals surface area (Å²) >= 11 is 0. The van der Waals surface area contributed by atoms with Crippen LogP contribution in [-0.2, 0) is 12.4 Å². The largest absolute Gasteiger partial charge is 0.416 e. The summed E-state index contributed by atoms with van der Waals surface area (Å²) in [6, 6.07) is 1.98. The predicted molar refractivity (Wildman–Crippen MR) is 87.5 cm³/mol. The quantitative estimate of drug-likeness (QED) is 0.306. The predicted octanol–water partition coefficient (Wildman–Crippen LogP) is 7.97. The Kier molecular flexibility index (Phi) is 8.29. The molecule has 0 fully saturated rings. The van der Waals surface area contributed by atoms with Gasteiger partial charge in [-0.25, -0.2) is 0 Å². The first-order chi connectivity index (χ1) is 11.6. The zero-order valence-corrected chi connectivity index (χ0v) is 14.7. The summed E-state index contributed by atoms with van der Waals surface area (Å²) in [4.78, 5) is 0. The molecule has 0 aliphatic heterocycles. The third-order valence-corrected chi connectivity index (χ3v) is 4.37. The van der Waals surface area contributed by atoms with E-state index in [1.165, 1.54) is 0 Å². The van der Waals surface area contributed by atoms with Gasteiger partial charge >= 0.3 is 12.4 Å². The monoisotopic (exact) mass is 368 g/mol. The highest BCUT2D eigenvalue weighted by Gasteiger charge is 2.37. The normalized spacial score (nSPS) is 13.9. The van der Waals surface area contributed by atoms with Gasteiger partial charge in [-0.05, 0) is 42.5 Å². The minimum Gasteiger partial charge on any atom is -0.166 e. The van der Waals surface area contributed by atoms with Crippen molar-refractivity contribution < 1.29 is 26.3 Å². The Morgan fingerprint density at radius 2 is 1.20 bits per heavy atom. The van der Waals surface area contributed by atoms with Crippen molar-refractivity contribution in [2.24, 2.45) is 0 Å². The molecule has 0 aromatic heterocycles. The Morgan fingerprint density at radius 3 is 1.64 bits per heavy atom. The first-order valence-corrected chi connectivity index (χ1v) is 8.89. The van der Waals surface area contributed by atoms with Crippen molar-refractivity contribution in [1.82, 2.24) is 0 Å². The van der Waals surface area contributed by atoms with Crippen LogP contribution in [0.4, 0.5) is 26.3 Å². The smallest absolute Gasteiger partial charge is 0.166 e. The fraction of sp³-hybridized carbons (Fsp3) is 0.684. The van der Waals surface area contributed by atoms with Crippen LogP contribution in [-0.4, -0.2) is 0 Å². The maximum Gasteiger partial charge on any atom is 0.416 e. The summed E-state index contributed by atoms with van der Waals surface area (Å²) < 4.78 is 78.1. The second-order valence-electron chi connectivity index (χ2n) is 6.53. The molecule has 0 saturated heterocycles. The Hall–Kier alpha value is -1.20. The van der Waals surface area contributed by atoms with Gasteiger partial charge in [0.05, 0.1) is 11.1 Å². The number of hydrogen-bond acceptors (Lipinski definition) is 0. The van der Waals surface area contributed by atoms with Crippen LogP contribution in [0.1, 0.15) is 87.8 Å². The molecule has 1 atom stereocenters. The number of halogens is 6. The summed E-state index contributed by atoms with van der Waals surface area (Å²) in [6.07, 6.45) is -2.63. The van der Waals surface area contributed by atoms with Gasteiger partial charge in [0, 0.05) is 0 Å². The van der Waals surface area contributed by atoms with E-state index >= 15 is 0 Å². The van der Waals surface area contributed by atoms with E-state index in [-0.39, 0.29) is 17.5 Å². The summed E-state index contributed by atoms with van der Waals surface area (Å²) in [6.45, 7) is 3.98. The first kappa shape index (κ1) is 21.8. The van der Waals surface area contributed by atoms with Gasteiger partial charge in [0.25, 0.3) is 0 Å². The van der Waals surface area contributed by atoms with Crippen LogP contribution in [0.3, 0.4) is 0 Å². The van der Waals surface area contributed by atoms with Crippen molar-refractivity contribution in [3.8, 4) is 0 Å². The molecule has 0 heterocycles. The third kappa shape index (κ3) is 7.28. The van der Waals surface area contributed by atoms with E-state index in [0.717, 1.165) is 50.7 Å². The Morgan fingerprint density at radius 1 is 0.680 bits per heavy atom. The molecule has 144 valence electrons. The molecular formula is C19H26F6. The molecule has 1 unspecified atom stereocenters. The SMILES string of the molecule is CCCCCCCC(CCC)c1cc(C(F)(F)F)cc(C(F)(F)F)c1. The van der Waals surface area contributed by atoms with Crippen LogP contribution < -0.4 is 0 Å². The number of unbranched alkanes of at least 4 members (excludes halogenated alkanes) is 4. The van der Waals surface area contributed by atoms with E-state index in [2.05, 4.69) is 6.92 Å². The van der Waals surface area contributed by atoms with Crippen molar-refractivity contribution in [3.05, 3.63) is 34.9 Å². The van der Waals surface area contributed by atoms with Crippen LogP contribution in [0.15, 0.2) is 18.2 Å². The van der Waals surface area contributed by atoms with Crippen LogP contribution >= 0.6 is 0 Å². The molecule has 0 bridgehead atoms. The molecule has 1 aromatic rings. The molecule has 1 rings (SSSR count). The Bertz CT molecular complexity index is 483. The summed E-state index contributed by atoms with van der Waals surface area (Å²) in [7, 11) is 0. The van der Waals surface area contributed by atoms with E-state index < -0.39 is 23.5 Å². The van der Waals surface area contributed by atoms with Crippen LogP contribution in [0.2, 0.25) is 0 Å². The van der Waals surface area contributed by atoms with E-state index in [4.69, 9.17) is 0 Å². The van der Waals surface area contributed by atoms with Crippen molar-refractivity contribution in [1.29, 1.82) is 0 Å². The second kappa shape index (κ2) is 9.48. The van der Waals surface area contributed by atoms with E-state index in [1.54, 1.807) is 0 Å². The van der Waals surface area contributed by atoms with Crippen molar-refractivity contribution >= 4 is 0 Å². The van der Waals surface area contributed by atoms with Gasteiger partial charge in [-0.15, -0.1) is 0 Å². The number of alkyl halides is 6. The summed E-state index contributed by atoms with van der Waals surface area (Å²) in [5, 5.41) is 0. The lowest BCUT2D eigenvalue weighted by molar-refractivity contribution is -0.143. The van der Waals surface area contributed by atoms with Crippen molar-refractivity contribution in [2.45, 2.75) is 83.5 Å². The Balaban J connectivity index is 3.07. The van der Waals surface area contributed by atoms with Gasteiger partial charge in [0.15, 0.2) is 0 Å². The number of rotatable bonds is 9. The standard InChI is InChI=1S/C19H26F6/c1-3-5-6-7-8-10-14(9-4-2)15-11-16(18(20,21)22)13-17(12-15)19(23,24)25/h11-14H,3-10H2,1-2H3. The summed E-state index contributed by atoms with van der Waals surface area (Å²) in [5.74, 6) is -0.268. The van der Waals surface area contributed by atoms with Gasteiger partial charge in [-0.2, -0.15) is 26.3 Å². The van der Waals surface area contributed by atoms with Crippen LogP contribution in [0, 0.1) is 0 Å². The van der Waals surface area contributed by atoms with Gasteiger partial charge in [0.2, 0.25) is 0 Å². The van der Waals surface area contributed by atoms with E-state index in [0.29, 0.717) is 12.8 Å². The molecule has 6 heteroatoms. The van der Waals surface area contributed by atoms with Crippen molar-refractivity contribution in [2.75, 3.05) is 0 Å². The Labute approximate surface area is 145 Å². The van der Waals surface area contributed by atoms with E-state index in [1.807, 2.05) is 6.92 Å². The van der Waals surface area contributed by atoms with Gasteiger partial charge in [-0.3, -0.25) is 0 Å². The molecule has 0 spiro atoms. The fourth-order valence-electron chi connectivity index (χ4n) is 3.04. The molecule has 0 amide bonds. The molecule has 0 N–H and O–H groups in total. The van der Waals surface area contributed by atoms with E-state index in [9.17, 15) is 26.3 Å². The molecule has 25 heavy (non-hydrogen) atoms. The van der Waals surface area contributed by atoms with Gasteiger partial charge in [-0.1, -0.05) is 52.4 Å². The zero-order chi connectivity index (χ0) is 19.1. The molecule has 0 aliphatic carbocycles. The lowest BCUT2D eigenvalue weighted by Gasteiger charge is -2.20. The van der Waals surface area contributed by atoms with Gasteiger partial charge < -0.3 is 0 Å². The fourth-order valence-corrected chi connectivity index (χ4v) is 3.04. The molecule has 0 aliphatic rings. The highest BCUT2D eigenvalue weighted by atomic mass is 19.4. The average molecular weight is 368 g/mol. The maximum atomic E-state index is 13.0. The topological polar surface area (TPSA) is 0 Å². The minimum absolute atomic E-state index is 0.152. The molecule has 0 radical (unpaired) electrons. The molecule has 1 aromatic carbocycles. The third-order valence-electron chi connectivity index (χ3n) is 4.37. The average Bonchev–Trinajstić information content (AvgIpc) is 2.51.